The summed E-state index contributed by atoms with van der Waals surface area (Å²) >= 11 is 0. The zero-order chi connectivity index (χ0) is 25.5. The van der Waals surface area contributed by atoms with Crippen LogP contribution in [0.3, 0.4) is 0 Å². The predicted octanol–water partition coefficient (Wildman–Crippen LogP) is 5.67. The number of hydrogen-bond acceptors (Lipinski definition) is 5. The number of aromatic nitrogens is 2. The number of benzene rings is 3. The summed E-state index contributed by atoms with van der Waals surface area (Å²) in [7, 11) is 1.83. The Bertz CT molecular complexity index is 1230. The van der Waals surface area contributed by atoms with Gasteiger partial charge in [0.15, 0.2) is 0 Å². The van der Waals surface area contributed by atoms with E-state index in [1.54, 1.807) is 16.8 Å². The van der Waals surface area contributed by atoms with Gasteiger partial charge in [-0.05, 0) is 50.2 Å². The van der Waals surface area contributed by atoms with Crippen molar-refractivity contribution in [2.24, 2.45) is 7.05 Å². The van der Waals surface area contributed by atoms with Crippen molar-refractivity contribution in [3.05, 3.63) is 96.3 Å². The first-order chi connectivity index (χ1) is 17.4. The second-order valence-corrected chi connectivity index (χ2v) is 8.98. The van der Waals surface area contributed by atoms with E-state index in [0.29, 0.717) is 24.7 Å². The van der Waals surface area contributed by atoms with Gasteiger partial charge < -0.3 is 14.6 Å². The monoisotopic (exact) mass is 489 g/mol. The normalized spacial score (nSPS) is 12.2. The van der Waals surface area contributed by atoms with Gasteiger partial charge in [0.25, 0.3) is 0 Å². The van der Waals surface area contributed by atoms with Crippen LogP contribution >= 0.6 is 0 Å². The molecule has 7 heteroatoms. The summed E-state index contributed by atoms with van der Waals surface area (Å²) in [5.74, 6) is 1.49. The third-order valence-corrected chi connectivity index (χ3v) is 5.89. The van der Waals surface area contributed by atoms with Crippen LogP contribution in [0.1, 0.15) is 19.4 Å². The molecule has 1 atom stereocenters. The van der Waals surface area contributed by atoms with Gasteiger partial charge in [-0.1, -0.05) is 48.5 Å². The Labute approximate surface area is 211 Å². The van der Waals surface area contributed by atoms with Crippen molar-refractivity contribution >= 4 is 0 Å². The molecule has 188 valence electrons. The number of rotatable bonds is 11. The highest BCUT2D eigenvalue weighted by molar-refractivity contribution is 5.65. The predicted molar refractivity (Wildman–Crippen MR) is 139 cm³/mol. The molecule has 1 aromatic heterocycles. The van der Waals surface area contributed by atoms with Crippen LogP contribution in [0, 0.1) is 5.82 Å². The Balaban J connectivity index is 1.59. The summed E-state index contributed by atoms with van der Waals surface area (Å²) < 4.78 is 27.1. The third kappa shape index (κ3) is 6.50. The van der Waals surface area contributed by atoms with Crippen LogP contribution in [0.5, 0.6) is 17.4 Å². The largest absolute Gasteiger partial charge is 0.491 e. The van der Waals surface area contributed by atoms with Gasteiger partial charge in [-0.15, -0.1) is 0 Å². The summed E-state index contributed by atoms with van der Waals surface area (Å²) in [5.41, 5.74) is 2.66. The molecule has 4 rings (SSSR count). The van der Waals surface area contributed by atoms with Gasteiger partial charge in [-0.25, -0.2) is 9.07 Å². The van der Waals surface area contributed by atoms with E-state index >= 15 is 0 Å². The third-order valence-electron chi connectivity index (χ3n) is 5.89. The number of aliphatic hydroxyl groups excluding tert-OH is 1. The molecule has 0 aliphatic carbocycles. The summed E-state index contributed by atoms with van der Waals surface area (Å²) in [6.07, 6.45) is -0.689. The molecule has 1 heterocycles. The molecule has 0 saturated heterocycles. The highest BCUT2D eigenvalue weighted by atomic mass is 19.1. The van der Waals surface area contributed by atoms with Crippen LogP contribution in [-0.4, -0.2) is 45.1 Å². The first-order valence-electron chi connectivity index (χ1n) is 12.1. The van der Waals surface area contributed by atoms with Gasteiger partial charge in [0.05, 0.1) is 5.56 Å². The Kier molecular flexibility index (Phi) is 8.36. The van der Waals surface area contributed by atoms with E-state index in [1.165, 1.54) is 12.1 Å². The minimum absolute atomic E-state index is 0.138. The molecule has 0 radical (unpaired) electrons. The van der Waals surface area contributed by atoms with Gasteiger partial charge in [0.1, 0.15) is 35.7 Å². The summed E-state index contributed by atoms with van der Waals surface area (Å²) in [5, 5.41) is 15.5. The minimum atomic E-state index is -0.689. The molecule has 0 aliphatic heterocycles. The van der Waals surface area contributed by atoms with E-state index in [2.05, 4.69) is 18.7 Å². The Hall–Kier alpha value is -3.68. The molecule has 6 nitrogen and oxygen atoms in total. The van der Waals surface area contributed by atoms with Gasteiger partial charge >= 0.3 is 0 Å². The summed E-state index contributed by atoms with van der Waals surface area (Å²) in [6.45, 7) is 5.26. The van der Waals surface area contributed by atoms with Gasteiger partial charge in [0, 0.05) is 31.7 Å². The average molecular weight is 490 g/mol. The smallest absolute Gasteiger partial charge is 0.222 e. The zero-order valence-electron chi connectivity index (χ0n) is 20.8. The number of aliphatic hydroxyl groups is 1. The van der Waals surface area contributed by atoms with E-state index in [4.69, 9.17) is 14.6 Å². The molecule has 1 N–H and O–H groups in total. The first-order valence-corrected chi connectivity index (χ1v) is 12.1. The van der Waals surface area contributed by atoms with Crippen molar-refractivity contribution in [3.8, 4) is 28.6 Å². The van der Waals surface area contributed by atoms with Crippen LogP contribution in [0.15, 0.2) is 84.9 Å². The van der Waals surface area contributed by atoms with Crippen LogP contribution in [0.25, 0.3) is 11.3 Å². The Morgan fingerprint density at radius 2 is 1.56 bits per heavy atom. The molecule has 1 unspecified atom stereocenters. The number of hydrogen-bond donors (Lipinski definition) is 1. The van der Waals surface area contributed by atoms with E-state index in [1.807, 2.05) is 67.7 Å². The van der Waals surface area contributed by atoms with E-state index in [9.17, 15) is 9.50 Å². The summed E-state index contributed by atoms with van der Waals surface area (Å²) in [6, 6.07) is 25.5. The maximum Gasteiger partial charge on any atom is 0.222 e. The maximum atomic E-state index is 13.4. The molecular formula is C29H32FN3O3. The van der Waals surface area contributed by atoms with Crippen molar-refractivity contribution in [1.29, 1.82) is 0 Å². The highest BCUT2D eigenvalue weighted by Crippen LogP contribution is 2.34. The maximum absolute atomic E-state index is 13.4. The van der Waals surface area contributed by atoms with Crippen molar-refractivity contribution in [2.75, 3.05) is 13.2 Å². The molecule has 0 aliphatic rings. The van der Waals surface area contributed by atoms with Gasteiger partial charge in [-0.3, -0.25) is 4.90 Å². The molecule has 0 amide bonds. The van der Waals surface area contributed by atoms with Crippen molar-refractivity contribution < 1.29 is 19.0 Å². The molecule has 4 aromatic rings. The lowest BCUT2D eigenvalue weighted by Crippen LogP contribution is -2.39. The Morgan fingerprint density at radius 3 is 2.19 bits per heavy atom. The lowest BCUT2D eigenvalue weighted by molar-refractivity contribution is 0.0541. The lowest BCUT2D eigenvalue weighted by atomic mass is 10.1. The fourth-order valence-corrected chi connectivity index (χ4v) is 3.96. The minimum Gasteiger partial charge on any atom is -0.491 e. The molecular weight excluding hydrogens is 457 g/mol. The van der Waals surface area contributed by atoms with Crippen molar-refractivity contribution in [1.82, 2.24) is 14.7 Å². The van der Waals surface area contributed by atoms with Crippen LogP contribution in [0.4, 0.5) is 4.39 Å². The van der Waals surface area contributed by atoms with Crippen molar-refractivity contribution in [2.45, 2.75) is 32.5 Å². The van der Waals surface area contributed by atoms with Crippen molar-refractivity contribution in [3.63, 3.8) is 0 Å². The van der Waals surface area contributed by atoms with Crippen LogP contribution in [0.2, 0.25) is 0 Å². The standard InChI is InChI=1S/C29H32FN3O3/c1-21(2)33(18-24(34)20-35-25-12-8-5-9-13-25)19-27-28(22-10-6-4-7-11-22)31-32(3)29(27)36-26-16-14-23(30)15-17-26/h4-17,21,24,34H,18-20H2,1-3H3. The lowest BCUT2D eigenvalue weighted by Gasteiger charge is -2.29. The molecule has 0 fully saturated rings. The van der Waals surface area contributed by atoms with Gasteiger partial charge in [-0.2, -0.15) is 5.10 Å². The number of para-hydroxylation sites is 1. The Morgan fingerprint density at radius 1 is 0.917 bits per heavy atom. The molecule has 3 aromatic carbocycles. The van der Waals surface area contributed by atoms with E-state index in [0.717, 1.165) is 22.6 Å². The number of aryl methyl sites for hydroxylation is 1. The van der Waals surface area contributed by atoms with E-state index in [-0.39, 0.29) is 18.5 Å². The molecule has 36 heavy (non-hydrogen) atoms. The second-order valence-electron chi connectivity index (χ2n) is 8.98. The fourth-order valence-electron chi connectivity index (χ4n) is 3.96. The zero-order valence-corrected chi connectivity index (χ0v) is 20.8. The van der Waals surface area contributed by atoms with Crippen LogP contribution < -0.4 is 9.47 Å². The van der Waals surface area contributed by atoms with E-state index < -0.39 is 6.10 Å². The topological polar surface area (TPSA) is 59.8 Å². The number of halogens is 1. The fraction of sp³-hybridized carbons (Fsp3) is 0.276. The molecule has 0 bridgehead atoms. The number of ether oxygens (including phenoxy) is 2. The number of nitrogens with zero attached hydrogens (tertiary/aromatic N) is 3. The molecule has 0 saturated carbocycles. The first kappa shape index (κ1) is 25.4. The van der Waals surface area contributed by atoms with Gasteiger partial charge in [0.2, 0.25) is 5.88 Å². The quantitative estimate of drug-likeness (QED) is 0.294. The molecule has 0 spiro atoms. The average Bonchev–Trinajstić information content (AvgIpc) is 3.19. The van der Waals surface area contributed by atoms with Crippen LogP contribution in [-0.2, 0) is 13.6 Å². The highest BCUT2D eigenvalue weighted by Gasteiger charge is 2.25. The summed E-state index contributed by atoms with van der Waals surface area (Å²) in [4.78, 5) is 2.17. The second kappa shape index (κ2) is 11.8. The SMILES string of the molecule is CC(C)N(Cc1c(-c2ccccc2)nn(C)c1Oc1ccc(F)cc1)CC(O)COc1ccccc1.